The van der Waals surface area contributed by atoms with Crippen molar-refractivity contribution in [3.05, 3.63) is 53.1 Å². The molecule has 0 radical (unpaired) electrons. The van der Waals surface area contributed by atoms with Crippen molar-refractivity contribution in [1.29, 1.82) is 0 Å². The number of nitrogens with zero attached hydrogens (tertiary/aromatic N) is 2. The van der Waals surface area contributed by atoms with Crippen molar-refractivity contribution in [2.75, 3.05) is 28.7 Å². The zero-order valence-corrected chi connectivity index (χ0v) is 17.6. The number of aliphatic imine (C=N–C) groups is 1. The first kappa shape index (κ1) is 21.5. The van der Waals surface area contributed by atoms with E-state index < -0.39 is 0 Å². The molecule has 9 heteroatoms. The molecule has 0 fully saturated rings. The summed E-state index contributed by atoms with van der Waals surface area (Å²) in [6.45, 7) is 0.411. The maximum Gasteiger partial charge on any atom is 0.227 e. The first-order chi connectivity index (χ1) is 15.4. The van der Waals surface area contributed by atoms with E-state index in [1.165, 1.54) is 4.90 Å². The molecule has 0 saturated heterocycles. The van der Waals surface area contributed by atoms with Gasteiger partial charge in [0.05, 0.1) is 13.2 Å². The van der Waals surface area contributed by atoms with Gasteiger partial charge < -0.3 is 26.4 Å². The van der Waals surface area contributed by atoms with Gasteiger partial charge in [0.25, 0.3) is 0 Å². The lowest BCUT2D eigenvalue weighted by Crippen LogP contribution is -2.34. The van der Waals surface area contributed by atoms with E-state index in [9.17, 15) is 19.5 Å². The molecule has 0 unspecified atom stereocenters. The van der Waals surface area contributed by atoms with Crippen LogP contribution in [0.4, 0.5) is 17.1 Å². The van der Waals surface area contributed by atoms with Gasteiger partial charge in [-0.1, -0.05) is 0 Å². The van der Waals surface area contributed by atoms with E-state index in [0.717, 1.165) is 22.4 Å². The van der Waals surface area contributed by atoms with Crippen molar-refractivity contribution < 1.29 is 19.5 Å². The smallest absolute Gasteiger partial charge is 0.227 e. The van der Waals surface area contributed by atoms with Crippen LogP contribution in [-0.4, -0.2) is 41.8 Å². The van der Waals surface area contributed by atoms with Gasteiger partial charge in [-0.05, 0) is 53.9 Å². The van der Waals surface area contributed by atoms with Gasteiger partial charge in [-0.15, -0.1) is 0 Å². The second-order valence-corrected chi connectivity index (χ2v) is 7.78. The molecule has 0 atom stereocenters. The van der Waals surface area contributed by atoms with Crippen LogP contribution in [0.3, 0.4) is 0 Å². The largest absolute Gasteiger partial charge is 0.395 e. The maximum atomic E-state index is 12.8. The molecule has 32 heavy (non-hydrogen) atoms. The summed E-state index contributed by atoms with van der Waals surface area (Å²) in [4.78, 5) is 42.4. The lowest BCUT2D eigenvalue weighted by molar-refractivity contribution is -0.122. The molecule has 2 aliphatic rings. The van der Waals surface area contributed by atoms with Crippen molar-refractivity contribution in [2.45, 2.75) is 32.2 Å². The summed E-state index contributed by atoms with van der Waals surface area (Å²) in [5, 5.41) is 15.1. The van der Waals surface area contributed by atoms with E-state index in [0.29, 0.717) is 36.6 Å². The van der Waals surface area contributed by atoms with Gasteiger partial charge in [-0.25, -0.2) is 0 Å². The molecule has 4 rings (SSSR count). The highest BCUT2D eigenvalue weighted by atomic mass is 16.3. The van der Waals surface area contributed by atoms with Gasteiger partial charge in [-0.3, -0.25) is 19.4 Å². The summed E-state index contributed by atoms with van der Waals surface area (Å²) in [6, 6.07) is 10.8. The highest BCUT2D eigenvalue weighted by Gasteiger charge is 2.21. The van der Waals surface area contributed by atoms with Crippen molar-refractivity contribution in [1.82, 2.24) is 0 Å². The van der Waals surface area contributed by atoms with Crippen LogP contribution in [-0.2, 0) is 27.3 Å². The zero-order valence-electron chi connectivity index (χ0n) is 17.6. The molecule has 2 heterocycles. The Morgan fingerprint density at radius 2 is 1.97 bits per heavy atom. The normalized spacial score (nSPS) is 14.2. The van der Waals surface area contributed by atoms with E-state index in [-0.39, 0.29) is 43.7 Å². The molecular formula is C23H25N5O4. The van der Waals surface area contributed by atoms with Crippen molar-refractivity contribution in [3.63, 3.8) is 0 Å². The molecule has 5 N–H and O–H groups in total. The minimum Gasteiger partial charge on any atom is -0.395 e. The number of nitrogens with two attached hydrogens (primary N) is 1. The van der Waals surface area contributed by atoms with Gasteiger partial charge in [0.1, 0.15) is 5.84 Å². The molecule has 0 aromatic heterocycles. The Kier molecular flexibility index (Phi) is 6.18. The Labute approximate surface area is 185 Å². The number of rotatable bonds is 7. The first-order valence-electron chi connectivity index (χ1n) is 10.5. The van der Waals surface area contributed by atoms with E-state index in [2.05, 4.69) is 15.6 Å². The Bertz CT molecular complexity index is 1110. The Balaban J connectivity index is 1.37. The SMILES string of the molecule is NC1=NCc2cc(NC(=O)CCC(=O)N(CCO)c3ccc4c(c3)CCC(=O)N4)ccc21. The number of aryl methyl sites for hydroxylation is 1. The number of amidine groups is 1. The fraction of sp³-hybridized carbons (Fsp3) is 0.304. The molecule has 2 aliphatic heterocycles. The summed E-state index contributed by atoms with van der Waals surface area (Å²) >= 11 is 0. The number of carbonyl (C=O) groups excluding carboxylic acids is 3. The van der Waals surface area contributed by atoms with Crippen LogP contribution >= 0.6 is 0 Å². The Morgan fingerprint density at radius 1 is 1.12 bits per heavy atom. The average Bonchev–Trinajstić information content (AvgIpc) is 3.15. The van der Waals surface area contributed by atoms with Crippen LogP contribution in [0.5, 0.6) is 0 Å². The highest BCUT2D eigenvalue weighted by Crippen LogP contribution is 2.28. The number of amides is 3. The predicted molar refractivity (Wildman–Crippen MR) is 122 cm³/mol. The second kappa shape index (κ2) is 9.19. The molecule has 9 nitrogen and oxygen atoms in total. The molecule has 0 bridgehead atoms. The van der Waals surface area contributed by atoms with E-state index in [1.807, 2.05) is 18.2 Å². The van der Waals surface area contributed by atoms with Crippen LogP contribution in [0.25, 0.3) is 0 Å². The van der Waals surface area contributed by atoms with Crippen LogP contribution in [0, 0.1) is 0 Å². The third kappa shape index (κ3) is 4.62. The molecule has 2 aromatic carbocycles. The number of aliphatic hydroxyl groups is 1. The van der Waals surface area contributed by atoms with E-state index in [1.54, 1.807) is 18.2 Å². The molecule has 2 aromatic rings. The third-order valence-electron chi connectivity index (χ3n) is 5.57. The molecule has 3 amide bonds. The topological polar surface area (TPSA) is 137 Å². The maximum absolute atomic E-state index is 12.8. The highest BCUT2D eigenvalue weighted by molar-refractivity contribution is 6.02. The van der Waals surface area contributed by atoms with Crippen LogP contribution in [0.1, 0.15) is 36.0 Å². The summed E-state index contributed by atoms with van der Waals surface area (Å²) in [5.74, 6) is -0.0673. The van der Waals surface area contributed by atoms with Crippen molar-refractivity contribution >= 4 is 40.6 Å². The quantitative estimate of drug-likeness (QED) is 0.523. The van der Waals surface area contributed by atoms with Crippen LogP contribution in [0.15, 0.2) is 41.4 Å². The molecule has 0 aliphatic carbocycles. The fourth-order valence-corrected chi connectivity index (χ4v) is 3.92. The minimum atomic E-state index is -0.276. The number of carbonyl (C=O) groups is 3. The van der Waals surface area contributed by atoms with Crippen molar-refractivity contribution in [2.24, 2.45) is 10.7 Å². The number of benzene rings is 2. The summed E-state index contributed by atoms with van der Waals surface area (Å²) in [6.07, 6.45) is 1.00. The number of nitrogens with one attached hydrogen (secondary N) is 2. The number of anilines is 3. The molecule has 0 spiro atoms. The predicted octanol–water partition coefficient (Wildman–Crippen LogP) is 1.53. The fourth-order valence-electron chi connectivity index (χ4n) is 3.92. The number of hydrogen-bond donors (Lipinski definition) is 4. The molecule has 0 saturated carbocycles. The summed E-state index contributed by atoms with van der Waals surface area (Å²) in [7, 11) is 0. The van der Waals surface area contributed by atoms with Gasteiger partial charge in [0.15, 0.2) is 0 Å². The number of fused-ring (bicyclic) bond motifs is 2. The zero-order chi connectivity index (χ0) is 22.7. The summed E-state index contributed by atoms with van der Waals surface area (Å²) < 4.78 is 0. The third-order valence-corrected chi connectivity index (χ3v) is 5.57. The number of hydrogen-bond acceptors (Lipinski definition) is 6. The Hall–Kier alpha value is -3.72. The van der Waals surface area contributed by atoms with E-state index >= 15 is 0 Å². The van der Waals surface area contributed by atoms with E-state index in [4.69, 9.17) is 5.73 Å². The minimum absolute atomic E-state index is 0.000649. The first-order valence-corrected chi connectivity index (χ1v) is 10.5. The monoisotopic (exact) mass is 435 g/mol. The lowest BCUT2D eigenvalue weighted by Gasteiger charge is -2.25. The molecule has 166 valence electrons. The van der Waals surface area contributed by atoms with Gasteiger partial charge in [-0.2, -0.15) is 0 Å². The van der Waals surface area contributed by atoms with Gasteiger partial charge in [0, 0.05) is 48.4 Å². The lowest BCUT2D eigenvalue weighted by atomic mass is 10.0. The second-order valence-electron chi connectivity index (χ2n) is 7.78. The van der Waals surface area contributed by atoms with Gasteiger partial charge >= 0.3 is 0 Å². The molecular weight excluding hydrogens is 410 g/mol. The number of aliphatic hydroxyl groups excluding tert-OH is 1. The standard InChI is InChI=1S/C23H25N5O4/c24-23-18-4-2-16(11-15(18)13-25-23)26-20(30)7-8-22(32)28(9-10-29)17-3-5-19-14(12-17)1-6-21(31)27-19/h2-5,11-12,29H,1,6-10,13H2,(H2,24,25)(H,26,30)(H,27,31). The van der Waals surface area contributed by atoms with Crippen molar-refractivity contribution in [3.8, 4) is 0 Å². The van der Waals surface area contributed by atoms with Crippen LogP contribution in [0.2, 0.25) is 0 Å². The van der Waals surface area contributed by atoms with Gasteiger partial charge in [0.2, 0.25) is 17.7 Å². The Morgan fingerprint density at radius 3 is 2.78 bits per heavy atom. The average molecular weight is 435 g/mol. The van der Waals surface area contributed by atoms with Crippen LogP contribution < -0.4 is 21.3 Å². The summed E-state index contributed by atoms with van der Waals surface area (Å²) in [5.41, 5.74) is 10.6.